The Morgan fingerprint density at radius 3 is 2.94 bits per heavy atom. The first-order valence-corrected chi connectivity index (χ1v) is 6.31. The third-order valence-electron chi connectivity index (χ3n) is 3.05. The molecule has 100 valence electrons. The smallest absolute Gasteiger partial charge is 0.227 e. The molecular weight excluding hydrogens is 271 g/mol. The molecule has 1 heterocycles. The first kappa shape index (κ1) is 15.3. The minimum atomic E-state index is 0. The summed E-state index contributed by atoms with van der Waals surface area (Å²) < 4.78 is 0. The van der Waals surface area contributed by atoms with Gasteiger partial charge in [-0.25, -0.2) is 0 Å². The van der Waals surface area contributed by atoms with Gasteiger partial charge in [-0.15, -0.1) is 12.4 Å². The lowest BCUT2D eigenvalue weighted by molar-refractivity contribution is -0.131. The zero-order valence-electron chi connectivity index (χ0n) is 10.1. The number of hydrogen-bond acceptors (Lipinski definition) is 2. The maximum absolute atomic E-state index is 12.1. The number of benzene rings is 1. The quantitative estimate of drug-likeness (QED) is 0.907. The minimum Gasteiger partial charge on any atom is -0.341 e. The molecule has 0 spiro atoms. The number of carbonyl (C=O) groups excluding carboxylic acids is 1. The summed E-state index contributed by atoms with van der Waals surface area (Å²) in [5.74, 6) is 0.141. The molecule has 1 fully saturated rings. The van der Waals surface area contributed by atoms with Crippen LogP contribution in [0.1, 0.15) is 18.4 Å². The van der Waals surface area contributed by atoms with Crippen LogP contribution in [0.3, 0.4) is 0 Å². The van der Waals surface area contributed by atoms with Crippen LogP contribution < -0.4 is 5.73 Å². The molecule has 1 atom stereocenters. The highest BCUT2D eigenvalue weighted by Gasteiger charge is 2.21. The predicted molar refractivity (Wildman–Crippen MR) is 76.2 cm³/mol. The highest BCUT2D eigenvalue weighted by atomic mass is 35.5. The summed E-state index contributed by atoms with van der Waals surface area (Å²) in [5, 5.41) is 0.672. The maximum Gasteiger partial charge on any atom is 0.227 e. The summed E-state index contributed by atoms with van der Waals surface area (Å²) in [6.07, 6.45) is 2.43. The van der Waals surface area contributed by atoms with Crippen LogP contribution in [0.2, 0.25) is 5.02 Å². The van der Waals surface area contributed by atoms with Gasteiger partial charge in [-0.3, -0.25) is 4.79 Å². The van der Waals surface area contributed by atoms with Gasteiger partial charge in [0.25, 0.3) is 0 Å². The lowest BCUT2D eigenvalue weighted by Crippen LogP contribution is -2.46. The van der Waals surface area contributed by atoms with Gasteiger partial charge < -0.3 is 10.6 Å². The number of likely N-dealkylation sites (tertiary alicyclic amines) is 1. The molecule has 2 rings (SSSR count). The van der Waals surface area contributed by atoms with Crippen molar-refractivity contribution in [3.05, 3.63) is 34.9 Å². The standard InChI is InChI=1S/C13H17ClN2O.ClH/c14-11-4-1-3-10(7-11)8-13(17)16-6-2-5-12(15)9-16;/h1,3-4,7,12H,2,5-6,8-9,15H2;1H. The van der Waals surface area contributed by atoms with Crippen molar-refractivity contribution in [2.75, 3.05) is 13.1 Å². The molecule has 1 aromatic rings. The molecular formula is C13H18Cl2N2O. The number of rotatable bonds is 2. The highest BCUT2D eigenvalue weighted by Crippen LogP contribution is 2.14. The third-order valence-corrected chi connectivity index (χ3v) is 3.29. The number of carbonyl (C=O) groups is 1. The van der Waals surface area contributed by atoms with E-state index in [1.165, 1.54) is 0 Å². The largest absolute Gasteiger partial charge is 0.341 e. The molecule has 1 unspecified atom stereocenters. The summed E-state index contributed by atoms with van der Waals surface area (Å²) in [4.78, 5) is 13.9. The van der Waals surface area contributed by atoms with E-state index < -0.39 is 0 Å². The Hall–Kier alpha value is -0.770. The van der Waals surface area contributed by atoms with Crippen LogP contribution in [0.15, 0.2) is 24.3 Å². The van der Waals surface area contributed by atoms with Crippen LogP contribution in [0.5, 0.6) is 0 Å². The molecule has 1 saturated heterocycles. The van der Waals surface area contributed by atoms with Gasteiger partial charge in [0.05, 0.1) is 6.42 Å². The van der Waals surface area contributed by atoms with Crippen LogP contribution in [0, 0.1) is 0 Å². The van der Waals surface area contributed by atoms with Gasteiger partial charge in [-0.05, 0) is 30.5 Å². The second-order valence-electron chi connectivity index (χ2n) is 4.55. The third kappa shape index (κ3) is 4.16. The molecule has 5 heteroatoms. The summed E-state index contributed by atoms with van der Waals surface area (Å²) in [6, 6.07) is 7.57. The Morgan fingerprint density at radius 1 is 1.50 bits per heavy atom. The number of nitrogens with two attached hydrogens (primary N) is 1. The van der Waals surface area contributed by atoms with Crippen LogP contribution in [-0.4, -0.2) is 29.9 Å². The SMILES string of the molecule is Cl.NC1CCCN(C(=O)Cc2cccc(Cl)c2)C1. The van der Waals surface area contributed by atoms with Crippen LogP contribution in [-0.2, 0) is 11.2 Å². The average molecular weight is 289 g/mol. The van der Waals surface area contributed by atoms with Crippen molar-refractivity contribution in [1.29, 1.82) is 0 Å². The van der Waals surface area contributed by atoms with Crippen molar-refractivity contribution in [3.8, 4) is 0 Å². The molecule has 1 aromatic carbocycles. The fraction of sp³-hybridized carbons (Fsp3) is 0.462. The molecule has 3 nitrogen and oxygen atoms in total. The number of halogens is 2. The van der Waals surface area contributed by atoms with Crippen molar-refractivity contribution in [2.24, 2.45) is 5.73 Å². The van der Waals surface area contributed by atoms with Gasteiger partial charge in [0, 0.05) is 24.2 Å². The van der Waals surface area contributed by atoms with E-state index in [1.807, 2.05) is 29.2 Å². The van der Waals surface area contributed by atoms with Crippen LogP contribution >= 0.6 is 24.0 Å². The number of amides is 1. The summed E-state index contributed by atoms with van der Waals surface area (Å²) in [5.41, 5.74) is 6.83. The zero-order chi connectivity index (χ0) is 12.3. The van der Waals surface area contributed by atoms with Gasteiger partial charge in [-0.2, -0.15) is 0 Å². The van der Waals surface area contributed by atoms with Crippen molar-refractivity contribution in [2.45, 2.75) is 25.3 Å². The van der Waals surface area contributed by atoms with E-state index >= 15 is 0 Å². The monoisotopic (exact) mass is 288 g/mol. The van der Waals surface area contributed by atoms with Gasteiger partial charge >= 0.3 is 0 Å². The lowest BCUT2D eigenvalue weighted by atomic mass is 10.1. The molecule has 1 amide bonds. The Balaban J connectivity index is 0.00000162. The highest BCUT2D eigenvalue weighted by molar-refractivity contribution is 6.30. The van der Waals surface area contributed by atoms with E-state index in [1.54, 1.807) is 0 Å². The van der Waals surface area contributed by atoms with Crippen molar-refractivity contribution in [1.82, 2.24) is 4.90 Å². The van der Waals surface area contributed by atoms with Gasteiger partial charge in [0.2, 0.25) is 5.91 Å². The topological polar surface area (TPSA) is 46.3 Å². The fourth-order valence-electron chi connectivity index (χ4n) is 2.17. The minimum absolute atomic E-state index is 0. The Morgan fingerprint density at radius 2 is 2.28 bits per heavy atom. The van der Waals surface area contributed by atoms with Crippen LogP contribution in [0.25, 0.3) is 0 Å². The number of hydrogen-bond donors (Lipinski definition) is 1. The first-order valence-electron chi connectivity index (χ1n) is 5.93. The fourth-order valence-corrected chi connectivity index (χ4v) is 2.38. The molecule has 2 N–H and O–H groups in total. The molecule has 0 aliphatic carbocycles. The maximum atomic E-state index is 12.1. The Bertz CT molecular complexity index is 412. The molecule has 0 aromatic heterocycles. The summed E-state index contributed by atoms with van der Waals surface area (Å²) in [6.45, 7) is 1.51. The molecule has 0 bridgehead atoms. The predicted octanol–water partition coefficient (Wildman–Crippen LogP) is 2.25. The molecule has 1 aliphatic rings. The lowest BCUT2D eigenvalue weighted by Gasteiger charge is -2.30. The Kier molecular flexibility index (Phi) is 5.93. The Labute approximate surface area is 119 Å². The second-order valence-corrected chi connectivity index (χ2v) is 4.99. The molecule has 0 saturated carbocycles. The zero-order valence-corrected chi connectivity index (χ0v) is 11.7. The summed E-state index contributed by atoms with van der Waals surface area (Å²) >= 11 is 5.89. The normalized spacial score (nSPS) is 19.2. The molecule has 18 heavy (non-hydrogen) atoms. The van der Waals surface area contributed by atoms with E-state index in [4.69, 9.17) is 17.3 Å². The molecule has 1 aliphatic heterocycles. The van der Waals surface area contributed by atoms with Gasteiger partial charge in [0.1, 0.15) is 0 Å². The van der Waals surface area contributed by atoms with E-state index in [0.29, 0.717) is 18.0 Å². The van der Waals surface area contributed by atoms with E-state index in [-0.39, 0.29) is 24.4 Å². The van der Waals surface area contributed by atoms with E-state index in [0.717, 1.165) is 24.9 Å². The number of piperidine rings is 1. The second kappa shape index (κ2) is 6.98. The van der Waals surface area contributed by atoms with Crippen molar-refractivity contribution >= 4 is 29.9 Å². The van der Waals surface area contributed by atoms with Gasteiger partial charge in [0.15, 0.2) is 0 Å². The molecule has 0 radical (unpaired) electrons. The number of nitrogens with zero attached hydrogens (tertiary/aromatic N) is 1. The van der Waals surface area contributed by atoms with Crippen molar-refractivity contribution in [3.63, 3.8) is 0 Å². The average Bonchev–Trinajstić information content (AvgIpc) is 2.29. The van der Waals surface area contributed by atoms with Crippen LogP contribution in [0.4, 0.5) is 0 Å². The van der Waals surface area contributed by atoms with Gasteiger partial charge in [-0.1, -0.05) is 23.7 Å². The van der Waals surface area contributed by atoms with Crippen molar-refractivity contribution < 1.29 is 4.79 Å². The van der Waals surface area contributed by atoms with E-state index in [9.17, 15) is 4.79 Å². The first-order chi connectivity index (χ1) is 8.15. The van der Waals surface area contributed by atoms with E-state index in [2.05, 4.69) is 0 Å². The summed E-state index contributed by atoms with van der Waals surface area (Å²) in [7, 11) is 0.